The molecule has 0 saturated heterocycles. The molecule has 0 aliphatic carbocycles. The van der Waals surface area contributed by atoms with Gasteiger partial charge in [0, 0.05) is 6.21 Å². The number of nitrogens with two attached hydrogens (primary N) is 2. The van der Waals surface area contributed by atoms with Gasteiger partial charge in [0.15, 0.2) is 0 Å². The predicted octanol–water partition coefficient (Wildman–Crippen LogP) is -0.178. The van der Waals surface area contributed by atoms with Gasteiger partial charge in [0.25, 0.3) is 0 Å². The lowest BCUT2D eigenvalue weighted by Gasteiger charge is -1.82. The van der Waals surface area contributed by atoms with Crippen molar-refractivity contribution < 1.29 is 0 Å². The van der Waals surface area contributed by atoms with E-state index in [-0.39, 0.29) is 5.96 Å². The number of hydrogen-bond acceptors (Lipinski definition) is 2. The minimum atomic E-state index is 0.0769. The van der Waals surface area contributed by atoms with Crippen LogP contribution in [0.3, 0.4) is 0 Å². The van der Waals surface area contributed by atoms with Crippen LogP contribution in [0.4, 0.5) is 0 Å². The number of allylic oxidation sites excluding steroid dienone is 2. The van der Waals surface area contributed by atoms with Gasteiger partial charge >= 0.3 is 0 Å². The lowest BCUT2D eigenvalue weighted by molar-refractivity contribution is 1.21. The molecule has 0 amide bonds. The highest BCUT2D eigenvalue weighted by Crippen LogP contribution is 1.67. The molecule has 0 heterocycles. The first kappa shape index (κ1) is 7.68. The fourth-order valence-corrected chi connectivity index (χ4v) is 0.239. The Kier molecular flexibility index (Phi) is 4.12. The first-order chi connectivity index (χ1) is 4.31. The van der Waals surface area contributed by atoms with Crippen molar-refractivity contribution in [2.45, 2.75) is 6.92 Å². The lowest BCUT2D eigenvalue weighted by Crippen LogP contribution is -2.10. The third-order valence-corrected chi connectivity index (χ3v) is 0.618. The number of aliphatic imine (C=N–C) groups is 1. The Balaban J connectivity index is 3.71. The molecular weight excluding hydrogens is 116 g/mol. The van der Waals surface area contributed by atoms with Gasteiger partial charge in [0.2, 0.25) is 5.96 Å². The normalized spacial score (nSPS) is 13.7. The van der Waals surface area contributed by atoms with E-state index in [0.29, 0.717) is 0 Å². The van der Waals surface area contributed by atoms with E-state index >= 15 is 0 Å². The Morgan fingerprint density at radius 3 is 2.67 bits per heavy atom. The molecule has 0 radical (unpaired) electrons. The molecule has 0 saturated carbocycles. The van der Waals surface area contributed by atoms with Crippen LogP contribution in [0, 0.1) is 0 Å². The van der Waals surface area contributed by atoms with Gasteiger partial charge in [-0.15, -0.1) is 5.10 Å². The third-order valence-electron chi connectivity index (χ3n) is 0.618. The van der Waals surface area contributed by atoms with Gasteiger partial charge in [0.1, 0.15) is 0 Å². The van der Waals surface area contributed by atoms with Crippen LogP contribution >= 0.6 is 0 Å². The molecule has 4 heteroatoms. The Morgan fingerprint density at radius 2 is 2.22 bits per heavy atom. The fraction of sp³-hybridized carbons (Fsp3) is 0.200. The molecule has 0 aromatic carbocycles. The third kappa shape index (κ3) is 4.53. The number of hydrogen-bond donors (Lipinski definition) is 2. The molecule has 0 rings (SSSR count). The topological polar surface area (TPSA) is 76.8 Å². The molecule has 0 atom stereocenters. The zero-order chi connectivity index (χ0) is 7.11. The van der Waals surface area contributed by atoms with E-state index in [0.717, 1.165) is 0 Å². The van der Waals surface area contributed by atoms with Crippen LogP contribution in [0.15, 0.2) is 22.2 Å². The van der Waals surface area contributed by atoms with E-state index in [4.69, 9.17) is 11.6 Å². The van der Waals surface area contributed by atoms with Gasteiger partial charge in [-0.3, -0.25) is 0 Å². The van der Waals surface area contributed by atoms with E-state index in [1.165, 1.54) is 6.21 Å². The maximum atomic E-state index is 5.11. The van der Waals surface area contributed by atoms with Crippen molar-refractivity contribution in [3.05, 3.63) is 12.2 Å². The molecule has 50 valence electrons. The molecule has 0 aromatic heterocycles. The fourth-order valence-electron chi connectivity index (χ4n) is 0.239. The zero-order valence-corrected chi connectivity index (χ0v) is 5.28. The summed E-state index contributed by atoms with van der Waals surface area (Å²) in [5.41, 5.74) is 5.11. The van der Waals surface area contributed by atoms with Gasteiger partial charge in [0.05, 0.1) is 0 Å². The molecule has 4 N–H and O–H groups in total. The van der Waals surface area contributed by atoms with Gasteiger partial charge in [-0.1, -0.05) is 6.08 Å². The molecule has 9 heavy (non-hydrogen) atoms. The summed E-state index contributed by atoms with van der Waals surface area (Å²) < 4.78 is 0. The summed E-state index contributed by atoms with van der Waals surface area (Å²) in [5.74, 6) is 4.86. The van der Waals surface area contributed by atoms with Crippen molar-refractivity contribution in [1.82, 2.24) is 0 Å². The Hall–Kier alpha value is -1.32. The summed E-state index contributed by atoms with van der Waals surface area (Å²) in [4.78, 5) is 3.62. The standard InChI is InChI=1S/C5H10N4/c1-2-3-4-8-5(6)9-7/h2-4H,7H2,1H3,(H2,6,9)/b3-2-,8-4-. The van der Waals surface area contributed by atoms with E-state index < -0.39 is 0 Å². The lowest BCUT2D eigenvalue weighted by atomic mass is 10.6. The Labute approximate surface area is 53.9 Å². The summed E-state index contributed by atoms with van der Waals surface area (Å²) in [6.07, 6.45) is 5.08. The van der Waals surface area contributed by atoms with Gasteiger partial charge in [-0.05, 0) is 13.0 Å². The molecule has 0 aliphatic rings. The van der Waals surface area contributed by atoms with Crippen molar-refractivity contribution in [2.24, 2.45) is 21.7 Å². The van der Waals surface area contributed by atoms with Gasteiger partial charge in [-0.25, -0.2) is 4.99 Å². The quantitative estimate of drug-likeness (QED) is 0.221. The van der Waals surface area contributed by atoms with Crippen LogP contribution in [-0.4, -0.2) is 12.2 Å². The predicted molar refractivity (Wildman–Crippen MR) is 39.1 cm³/mol. The van der Waals surface area contributed by atoms with Crippen LogP contribution < -0.4 is 11.6 Å². The summed E-state index contributed by atoms with van der Waals surface area (Å²) >= 11 is 0. The van der Waals surface area contributed by atoms with Crippen molar-refractivity contribution >= 4 is 12.2 Å². The minimum Gasteiger partial charge on any atom is -0.367 e. The average Bonchev–Trinajstić information content (AvgIpc) is 1.89. The molecule has 0 aliphatic heterocycles. The highest BCUT2D eigenvalue weighted by molar-refractivity contribution is 5.89. The zero-order valence-electron chi connectivity index (χ0n) is 5.28. The molecule has 0 fully saturated rings. The molecular formula is C5H10N4. The van der Waals surface area contributed by atoms with Crippen molar-refractivity contribution in [2.75, 3.05) is 0 Å². The number of rotatable bonds is 1. The van der Waals surface area contributed by atoms with Crippen LogP contribution in [-0.2, 0) is 0 Å². The van der Waals surface area contributed by atoms with Crippen molar-refractivity contribution in [3.8, 4) is 0 Å². The molecule has 0 spiro atoms. The smallest absolute Gasteiger partial charge is 0.236 e. The Morgan fingerprint density at radius 1 is 1.56 bits per heavy atom. The van der Waals surface area contributed by atoms with E-state index in [2.05, 4.69) is 10.1 Å². The summed E-state index contributed by atoms with van der Waals surface area (Å²) in [6, 6.07) is 0. The van der Waals surface area contributed by atoms with Crippen LogP contribution in [0.25, 0.3) is 0 Å². The van der Waals surface area contributed by atoms with Crippen molar-refractivity contribution in [1.29, 1.82) is 0 Å². The number of guanidine groups is 1. The minimum absolute atomic E-state index is 0.0769. The largest absolute Gasteiger partial charge is 0.367 e. The van der Waals surface area contributed by atoms with E-state index in [1.807, 2.05) is 13.0 Å². The van der Waals surface area contributed by atoms with Crippen LogP contribution in [0.2, 0.25) is 0 Å². The van der Waals surface area contributed by atoms with E-state index in [9.17, 15) is 0 Å². The van der Waals surface area contributed by atoms with E-state index in [1.54, 1.807) is 6.08 Å². The first-order valence-corrected chi connectivity index (χ1v) is 2.50. The second-order valence-electron chi connectivity index (χ2n) is 1.29. The highest BCUT2D eigenvalue weighted by atomic mass is 15.2. The molecule has 0 bridgehead atoms. The number of nitrogens with zero attached hydrogens (tertiary/aromatic N) is 2. The second kappa shape index (κ2) is 4.83. The van der Waals surface area contributed by atoms with Crippen LogP contribution in [0.1, 0.15) is 6.92 Å². The summed E-state index contributed by atoms with van der Waals surface area (Å²) in [6.45, 7) is 1.88. The van der Waals surface area contributed by atoms with Gasteiger partial charge < -0.3 is 11.6 Å². The highest BCUT2D eigenvalue weighted by Gasteiger charge is 1.75. The van der Waals surface area contributed by atoms with Crippen molar-refractivity contribution in [3.63, 3.8) is 0 Å². The number of hydrazone groups is 1. The first-order valence-electron chi connectivity index (χ1n) is 2.50. The second-order valence-corrected chi connectivity index (χ2v) is 1.29. The summed E-state index contributed by atoms with van der Waals surface area (Å²) in [7, 11) is 0. The maximum Gasteiger partial charge on any atom is 0.236 e. The average molecular weight is 126 g/mol. The molecule has 0 unspecified atom stereocenters. The summed E-state index contributed by atoms with van der Waals surface area (Å²) in [5, 5.41) is 3.12. The molecule has 4 nitrogen and oxygen atoms in total. The molecule has 0 aromatic rings. The SMILES string of the molecule is C\C=C/C=N\C(N)=N/N. The monoisotopic (exact) mass is 126 g/mol. The maximum absolute atomic E-state index is 5.11. The van der Waals surface area contributed by atoms with Crippen LogP contribution in [0.5, 0.6) is 0 Å². The Bertz CT molecular complexity index is 145. The van der Waals surface area contributed by atoms with Gasteiger partial charge in [-0.2, -0.15) is 0 Å².